The summed E-state index contributed by atoms with van der Waals surface area (Å²) in [7, 11) is 0. The van der Waals surface area contributed by atoms with Crippen LogP contribution >= 0.6 is 0 Å². The van der Waals surface area contributed by atoms with Crippen LogP contribution < -0.4 is 0 Å². The number of pyridine rings is 2. The van der Waals surface area contributed by atoms with Gasteiger partial charge in [0, 0.05) is 42.9 Å². The van der Waals surface area contributed by atoms with Crippen molar-refractivity contribution in [1.82, 2.24) is 24.6 Å². The summed E-state index contributed by atoms with van der Waals surface area (Å²) < 4.78 is 7.39. The van der Waals surface area contributed by atoms with E-state index in [9.17, 15) is 4.79 Å². The van der Waals surface area contributed by atoms with Gasteiger partial charge in [0.1, 0.15) is 6.10 Å². The fourth-order valence-corrected chi connectivity index (χ4v) is 4.40. The fraction of sp³-hybridized carbons (Fsp3) is 0.455. The van der Waals surface area contributed by atoms with E-state index in [0.717, 1.165) is 67.0 Å². The SMILES string of the molecule is Cc1nn(-c2ccccn2)c2nc(C3CCN(C(=O)C4CCCO4)CC3)ccc12. The molecule has 7 nitrogen and oxygen atoms in total. The zero-order valence-corrected chi connectivity index (χ0v) is 16.6. The van der Waals surface area contributed by atoms with Crippen molar-refractivity contribution in [1.29, 1.82) is 0 Å². The molecule has 0 bridgehead atoms. The van der Waals surface area contributed by atoms with E-state index in [-0.39, 0.29) is 12.0 Å². The largest absolute Gasteiger partial charge is 0.368 e. The number of piperidine rings is 1. The van der Waals surface area contributed by atoms with Crippen LogP contribution in [0.2, 0.25) is 0 Å². The number of hydrogen-bond donors (Lipinski definition) is 0. The van der Waals surface area contributed by atoms with Crippen LogP contribution in [0.3, 0.4) is 0 Å². The number of aromatic nitrogens is 4. The molecule has 1 unspecified atom stereocenters. The first-order chi connectivity index (χ1) is 14.2. The molecule has 0 spiro atoms. The molecule has 0 aliphatic carbocycles. The van der Waals surface area contributed by atoms with Gasteiger partial charge in [-0.05, 0) is 56.9 Å². The molecule has 2 aliphatic heterocycles. The fourth-order valence-electron chi connectivity index (χ4n) is 4.40. The number of amides is 1. The third-order valence-corrected chi connectivity index (χ3v) is 6.03. The normalized spacial score (nSPS) is 20.4. The Hall–Kier alpha value is -2.80. The maximum atomic E-state index is 12.6. The molecule has 2 fully saturated rings. The Kier molecular flexibility index (Phi) is 4.75. The summed E-state index contributed by atoms with van der Waals surface area (Å²) in [5, 5.41) is 5.70. The quantitative estimate of drug-likeness (QED) is 0.686. The van der Waals surface area contributed by atoms with Gasteiger partial charge in [-0.1, -0.05) is 6.07 Å². The number of aryl methyl sites for hydroxylation is 1. The average molecular weight is 391 g/mol. The van der Waals surface area contributed by atoms with Gasteiger partial charge in [0.2, 0.25) is 0 Å². The molecule has 3 aromatic rings. The summed E-state index contributed by atoms with van der Waals surface area (Å²) in [6.07, 6.45) is 5.23. The second-order valence-corrected chi connectivity index (χ2v) is 7.89. The van der Waals surface area contributed by atoms with Gasteiger partial charge in [0.05, 0.1) is 5.69 Å². The Morgan fingerprint density at radius 1 is 1.14 bits per heavy atom. The summed E-state index contributed by atoms with van der Waals surface area (Å²) in [4.78, 5) is 24.0. The Balaban J connectivity index is 1.37. The van der Waals surface area contributed by atoms with Crippen LogP contribution in [0.15, 0.2) is 36.5 Å². The summed E-state index contributed by atoms with van der Waals surface area (Å²) in [5.41, 5.74) is 2.86. The lowest BCUT2D eigenvalue weighted by molar-refractivity contribution is -0.142. The van der Waals surface area contributed by atoms with Gasteiger partial charge in [-0.25, -0.2) is 9.97 Å². The third kappa shape index (κ3) is 3.40. The van der Waals surface area contributed by atoms with E-state index < -0.39 is 0 Å². The second kappa shape index (κ2) is 7.55. The number of rotatable bonds is 3. The number of carbonyl (C=O) groups excluding carboxylic acids is 1. The van der Waals surface area contributed by atoms with Crippen molar-refractivity contribution in [3.05, 3.63) is 47.9 Å². The zero-order valence-electron chi connectivity index (χ0n) is 16.6. The molecule has 2 saturated heterocycles. The molecule has 5 heterocycles. The van der Waals surface area contributed by atoms with Crippen molar-refractivity contribution in [2.24, 2.45) is 0 Å². The summed E-state index contributed by atoms with van der Waals surface area (Å²) in [6.45, 7) is 4.24. The smallest absolute Gasteiger partial charge is 0.251 e. The van der Waals surface area contributed by atoms with E-state index in [1.807, 2.05) is 34.7 Å². The lowest BCUT2D eigenvalue weighted by atomic mass is 9.92. The van der Waals surface area contributed by atoms with Gasteiger partial charge in [0.25, 0.3) is 5.91 Å². The van der Waals surface area contributed by atoms with E-state index in [0.29, 0.717) is 12.5 Å². The highest BCUT2D eigenvalue weighted by molar-refractivity contribution is 5.81. The lowest BCUT2D eigenvalue weighted by Crippen LogP contribution is -2.43. The van der Waals surface area contributed by atoms with Gasteiger partial charge in [-0.15, -0.1) is 0 Å². The third-order valence-electron chi connectivity index (χ3n) is 6.03. The maximum Gasteiger partial charge on any atom is 0.251 e. The molecule has 0 saturated carbocycles. The molecule has 1 atom stereocenters. The first kappa shape index (κ1) is 18.2. The van der Waals surface area contributed by atoms with Crippen molar-refractivity contribution < 1.29 is 9.53 Å². The minimum absolute atomic E-state index is 0.160. The van der Waals surface area contributed by atoms with Crippen LogP contribution in [0, 0.1) is 6.92 Å². The van der Waals surface area contributed by atoms with Gasteiger partial charge in [-0.2, -0.15) is 9.78 Å². The van der Waals surface area contributed by atoms with E-state index in [1.165, 1.54) is 0 Å². The van der Waals surface area contributed by atoms with E-state index in [2.05, 4.69) is 22.2 Å². The number of carbonyl (C=O) groups is 1. The van der Waals surface area contributed by atoms with Gasteiger partial charge >= 0.3 is 0 Å². The predicted octanol–water partition coefficient (Wildman–Crippen LogP) is 3.01. The van der Waals surface area contributed by atoms with Crippen LogP contribution in [0.4, 0.5) is 0 Å². The Bertz CT molecular complexity index is 1020. The summed E-state index contributed by atoms with van der Waals surface area (Å²) in [5.74, 6) is 1.28. The van der Waals surface area contributed by atoms with Crippen molar-refractivity contribution in [3.63, 3.8) is 0 Å². The van der Waals surface area contributed by atoms with Crippen LogP contribution in [0.1, 0.15) is 43.0 Å². The molecule has 3 aromatic heterocycles. The minimum Gasteiger partial charge on any atom is -0.368 e. The highest BCUT2D eigenvalue weighted by Crippen LogP contribution is 2.30. The molecule has 0 aromatic carbocycles. The first-order valence-electron chi connectivity index (χ1n) is 10.4. The summed E-state index contributed by atoms with van der Waals surface area (Å²) >= 11 is 0. The number of fused-ring (bicyclic) bond motifs is 1. The van der Waals surface area contributed by atoms with Crippen LogP contribution in [-0.2, 0) is 9.53 Å². The van der Waals surface area contributed by atoms with Gasteiger partial charge in [0.15, 0.2) is 11.5 Å². The van der Waals surface area contributed by atoms with Crippen LogP contribution in [-0.4, -0.2) is 56.4 Å². The highest BCUT2D eigenvalue weighted by atomic mass is 16.5. The standard InChI is InChI=1S/C22H25N5O2/c1-15-17-7-8-18(24-21(17)27(25-15)20-6-2-3-11-23-20)16-9-12-26(13-10-16)22(28)19-5-4-14-29-19/h2-3,6-8,11,16,19H,4-5,9-10,12-14H2,1H3. The Morgan fingerprint density at radius 3 is 2.72 bits per heavy atom. The van der Waals surface area contributed by atoms with Crippen molar-refractivity contribution in [2.45, 2.75) is 44.6 Å². The Morgan fingerprint density at radius 2 is 2.00 bits per heavy atom. The topological polar surface area (TPSA) is 73.1 Å². The molecule has 7 heteroatoms. The summed E-state index contributed by atoms with van der Waals surface area (Å²) in [6, 6.07) is 10.0. The van der Waals surface area contributed by atoms with Gasteiger partial charge in [-0.3, -0.25) is 4.79 Å². The molecular weight excluding hydrogens is 366 g/mol. The van der Waals surface area contributed by atoms with Gasteiger partial charge < -0.3 is 9.64 Å². The van der Waals surface area contributed by atoms with E-state index in [1.54, 1.807) is 6.20 Å². The highest BCUT2D eigenvalue weighted by Gasteiger charge is 2.31. The predicted molar refractivity (Wildman–Crippen MR) is 109 cm³/mol. The Labute approximate surface area is 169 Å². The number of hydrogen-bond acceptors (Lipinski definition) is 5. The molecular formula is C22H25N5O2. The molecule has 29 heavy (non-hydrogen) atoms. The monoisotopic (exact) mass is 391 g/mol. The molecule has 150 valence electrons. The molecule has 1 amide bonds. The minimum atomic E-state index is -0.225. The first-order valence-corrected chi connectivity index (χ1v) is 10.4. The molecule has 0 N–H and O–H groups in total. The lowest BCUT2D eigenvalue weighted by Gasteiger charge is -2.33. The van der Waals surface area contributed by atoms with Crippen LogP contribution in [0.25, 0.3) is 16.9 Å². The average Bonchev–Trinajstić information content (AvgIpc) is 3.42. The molecule has 5 rings (SSSR count). The number of likely N-dealkylation sites (tertiary alicyclic amines) is 1. The van der Waals surface area contributed by atoms with E-state index in [4.69, 9.17) is 9.72 Å². The van der Waals surface area contributed by atoms with Crippen LogP contribution in [0.5, 0.6) is 0 Å². The molecule has 2 aliphatic rings. The molecule has 0 radical (unpaired) electrons. The van der Waals surface area contributed by atoms with Crippen molar-refractivity contribution >= 4 is 16.9 Å². The maximum absolute atomic E-state index is 12.6. The van der Waals surface area contributed by atoms with Crippen molar-refractivity contribution in [2.75, 3.05) is 19.7 Å². The number of nitrogens with zero attached hydrogens (tertiary/aromatic N) is 5. The van der Waals surface area contributed by atoms with Crippen molar-refractivity contribution in [3.8, 4) is 5.82 Å². The van der Waals surface area contributed by atoms with E-state index >= 15 is 0 Å². The second-order valence-electron chi connectivity index (χ2n) is 7.89. The zero-order chi connectivity index (χ0) is 19.8. The number of ether oxygens (including phenoxy) is 1.